The highest BCUT2D eigenvalue weighted by atomic mass is 32.2. The maximum atomic E-state index is 5.59. The predicted octanol–water partition coefficient (Wildman–Crippen LogP) is 2.86. The molecule has 1 saturated carbocycles. The number of rotatable bonds is 6. The average Bonchev–Trinajstić information content (AvgIpc) is 3.27. The zero-order chi connectivity index (χ0) is 13.1. The second-order valence-electron chi connectivity index (χ2n) is 5.00. The SMILES string of the molecule is C=C(CNC1CC1)CSc1ccc2c(c1)OCCO2. The second-order valence-corrected chi connectivity index (χ2v) is 6.05. The Balaban J connectivity index is 1.50. The maximum Gasteiger partial charge on any atom is 0.162 e. The molecular formula is C15H19NO2S. The Bertz CT molecular complexity index is 471. The van der Waals surface area contributed by atoms with Crippen LogP contribution >= 0.6 is 11.8 Å². The fourth-order valence-electron chi connectivity index (χ4n) is 1.93. The Labute approximate surface area is 118 Å². The molecule has 3 nitrogen and oxygen atoms in total. The van der Waals surface area contributed by atoms with Gasteiger partial charge in [-0.15, -0.1) is 11.8 Å². The van der Waals surface area contributed by atoms with Crippen molar-refractivity contribution in [3.63, 3.8) is 0 Å². The van der Waals surface area contributed by atoms with Crippen LogP contribution in [0.25, 0.3) is 0 Å². The van der Waals surface area contributed by atoms with Gasteiger partial charge in [0.05, 0.1) is 0 Å². The summed E-state index contributed by atoms with van der Waals surface area (Å²) < 4.78 is 11.1. The predicted molar refractivity (Wildman–Crippen MR) is 78.3 cm³/mol. The highest BCUT2D eigenvalue weighted by Gasteiger charge is 2.20. The van der Waals surface area contributed by atoms with Crippen molar-refractivity contribution in [2.24, 2.45) is 0 Å². The number of ether oxygens (including phenoxy) is 2. The van der Waals surface area contributed by atoms with Gasteiger partial charge < -0.3 is 14.8 Å². The van der Waals surface area contributed by atoms with Gasteiger partial charge in [0.15, 0.2) is 11.5 Å². The summed E-state index contributed by atoms with van der Waals surface area (Å²) in [4.78, 5) is 1.21. The van der Waals surface area contributed by atoms with Crippen LogP contribution in [0.15, 0.2) is 35.2 Å². The van der Waals surface area contributed by atoms with Gasteiger partial charge in [-0.25, -0.2) is 0 Å². The molecule has 1 aromatic rings. The molecule has 4 heteroatoms. The van der Waals surface area contributed by atoms with Crippen molar-refractivity contribution in [1.29, 1.82) is 0 Å². The Hall–Kier alpha value is -1.13. The molecule has 3 rings (SSSR count). The molecule has 0 unspecified atom stereocenters. The lowest BCUT2D eigenvalue weighted by atomic mass is 10.3. The second kappa shape index (κ2) is 5.88. The van der Waals surface area contributed by atoms with E-state index in [9.17, 15) is 0 Å². The normalized spacial score (nSPS) is 17.3. The molecule has 0 amide bonds. The van der Waals surface area contributed by atoms with Crippen LogP contribution in [0, 0.1) is 0 Å². The van der Waals surface area contributed by atoms with Gasteiger partial charge in [0.1, 0.15) is 13.2 Å². The Morgan fingerprint density at radius 1 is 1.26 bits per heavy atom. The first-order chi connectivity index (χ1) is 9.31. The van der Waals surface area contributed by atoms with E-state index in [-0.39, 0.29) is 0 Å². The van der Waals surface area contributed by atoms with E-state index in [0.717, 1.165) is 29.8 Å². The van der Waals surface area contributed by atoms with E-state index in [1.165, 1.54) is 23.3 Å². The number of hydrogen-bond donors (Lipinski definition) is 1. The first kappa shape index (κ1) is 12.9. The molecule has 1 aliphatic carbocycles. The number of hydrogen-bond acceptors (Lipinski definition) is 4. The Kier molecular flexibility index (Phi) is 3.99. The van der Waals surface area contributed by atoms with Crippen LogP contribution in [0.4, 0.5) is 0 Å². The molecule has 0 atom stereocenters. The molecule has 0 bridgehead atoms. The van der Waals surface area contributed by atoms with Gasteiger partial charge in [-0.3, -0.25) is 0 Å². The first-order valence-corrected chi connectivity index (χ1v) is 7.72. The van der Waals surface area contributed by atoms with Crippen LogP contribution in [0.3, 0.4) is 0 Å². The van der Waals surface area contributed by atoms with Crippen LogP contribution in [0.2, 0.25) is 0 Å². The highest BCUT2D eigenvalue weighted by molar-refractivity contribution is 7.99. The summed E-state index contributed by atoms with van der Waals surface area (Å²) in [5, 5.41) is 3.48. The molecular weight excluding hydrogens is 258 g/mol. The van der Waals surface area contributed by atoms with Gasteiger partial charge in [0, 0.05) is 23.2 Å². The topological polar surface area (TPSA) is 30.5 Å². The summed E-state index contributed by atoms with van der Waals surface area (Å²) >= 11 is 1.80. The van der Waals surface area contributed by atoms with Crippen molar-refractivity contribution < 1.29 is 9.47 Å². The summed E-state index contributed by atoms with van der Waals surface area (Å²) in [5.74, 6) is 2.65. The van der Waals surface area contributed by atoms with Gasteiger partial charge in [-0.1, -0.05) is 12.2 Å². The molecule has 2 aliphatic rings. The minimum Gasteiger partial charge on any atom is -0.486 e. The van der Waals surface area contributed by atoms with E-state index < -0.39 is 0 Å². The molecule has 0 radical (unpaired) electrons. The van der Waals surface area contributed by atoms with E-state index in [2.05, 4.69) is 24.0 Å². The van der Waals surface area contributed by atoms with Crippen LogP contribution in [-0.2, 0) is 0 Å². The lowest BCUT2D eigenvalue weighted by Crippen LogP contribution is -2.19. The fraction of sp³-hybridized carbons (Fsp3) is 0.467. The van der Waals surface area contributed by atoms with Gasteiger partial charge in [0.2, 0.25) is 0 Å². The number of benzene rings is 1. The van der Waals surface area contributed by atoms with E-state index >= 15 is 0 Å². The van der Waals surface area contributed by atoms with Crippen LogP contribution in [0.5, 0.6) is 11.5 Å². The molecule has 1 N–H and O–H groups in total. The summed E-state index contributed by atoms with van der Waals surface area (Å²) in [6.45, 7) is 6.33. The summed E-state index contributed by atoms with van der Waals surface area (Å²) in [6.07, 6.45) is 2.64. The largest absolute Gasteiger partial charge is 0.486 e. The van der Waals surface area contributed by atoms with E-state index in [1.807, 2.05) is 6.07 Å². The molecule has 19 heavy (non-hydrogen) atoms. The Morgan fingerprint density at radius 3 is 2.84 bits per heavy atom. The van der Waals surface area contributed by atoms with Gasteiger partial charge >= 0.3 is 0 Å². The molecule has 0 saturated heterocycles. The number of nitrogens with one attached hydrogen (secondary N) is 1. The van der Waals surface area contributed by atoms with Crippen molar-refractivity contribution in [2.45, 2.75) is 23.8 Å². The summed E-state index contributed by atoms with van der Waals surface area (Å²) in [7, 11) is 0. The van der Waals surface area contributed by atoms with Crippen molar-refractivity contribution in [3.05, 3.63) is 30.4 Å². The third kappa shape index (κ3) is 3.67. The highest BCUT2D eigenvalue weighted by Crippen LogP contribution is 2.34. The lowest BCUT2D eigenvalue weighted by molar-refractivity contribution is 0.171. The maximum absolute atomic E-state index is 5.59. The molecule has 0 aromatic heterocycles. The van der Waals surface area contributed by atoms with Crippen molar-refractivity contribution in [3.8, 4) is 11.5 Å². The number of thioether (sulfide) groups is 1. The summed E-state index contributed by atoms with van der Waals surface area (Å²) in [5.41, 5.74) is 1.24. The molecule has 1 fully saturated rings. The molecule has 1 heterocycles. The minimum atomic E-state index is 0.638. The third-order valence-corrected chi connectivity index (χ3v) is 4.31. The Morgan fingerprint density at radius 2 is 2.05 bits per heavy atom. The molecule has 1 aliphatic heterocycles. The summed E-state index contributed by atoms with van der Waals surface area (Å²) in [6, 6.07) is 6.87. The molecule has 0 spiro atoms. The lowest BCUT2D eigenvalue weighted by Gasteiger charge is -2.18. The quantitative estimate of drug-likeness (QED) is 0.640. The zero-order valence-electron chi connectivity index (χ0n) is 11.0. The zero-order valence-corrected chi connectivity index (χ0v) is 11.8. The smallest absolute Gasteiger partial charge is 0.162 e. The monoisotopic (exact) mass is 277 g/mol. The van der Waals surface area contributed by atoms with Crippen LogP contribution < -0.4 is 14.8 Å². The molecule has 102 valence electrons. The van der Waals surface area contributed by atoms with Crippen LogP contribution in [0.1, 0.15) is 12.8 Å². The van der Waals surface area contributed by atoms with E-state index in [0.29, 0.717) is 13.2 Å². The fourth-order valence-corrected chi connectivity index (χ4v) is 2.75. The van der Waals surface area contributed by atoms with E-state index in [1.54, 1.807) is 11.8 Å². The minimum absolute atomic E-state index is 0.638. The van der Waals surface area contributed by atoms with Crippen molar-refractivity contribution in [2.75, 3.05) is 25.5 Å². The van der Waals surface area contributed by atoms with E-state index in [4.69, 9.17) is 9.47 Å². The van der Waals surface area contributed by atoms with Gasteiger partial charge in [-0.2, -0.15) is 0 Å². The first-order valence-electron chi connectivity index (χ1n) is 6.74. The average molecular weight is 277 g/mol. The van der Waals surface area contributed by atoms with Crippen LogP contribution in [-0.4, -0.2) is 31.6 Å². The molecule has 1 aromatic carbocycles. The third-order valence-electron chi connectivity index (χ3n) is 3.17. The van der Waals surface area contributed by atoms with Gasteiger partial charge in [0.25, 0.3) is 0 Å². The van der Waals surface area contributed by atoms with Gasteiger partial charge in [-0.05, 0) is 31.0 Å². The number of fused-ring (bicyclic) bond motifs is 1. The van der Waals surface area contributed by atoms with Crippen molar-refractivity contribution >= 4 is 11.8 Å². The van der Waals surface area contributed by atoms with Crippen molar-refractivity contribution in [1.82, 2.24) is 5.32 Å². The standard InChI is InChI=1S/C15H19NO2S/c1-11(9-16-12-2-3-12)10-19-13-4-5-14-15(8-13)18-7-6-17-14/h4-5,8,12,16H,1-3,6-7,9-10H2.